The van der Waals surface area contributed by atoms with E-state index in [1.54, 1.807) is 13.8 Å². The van der Waals surface area contributed by atoms with Gasteiger partial charge >= 0.3 is 11.9 Å². The third kappa shape index (κ3) is 2.66. The predicted octanol–water partition coefficient (Wildman–Crippen LogP) is 0.562. The number of cyclic esters (lactones) is 2. The highest BCUT2D eigenvalue weighted by atomic mass is 16.6. The maximum absolute atomic E-state index is 11.6. The van der Waals surface area contributed by atoms with E-state index < -0.39 is 11.7 Å². The van der Waals surface area contributed by atoms with Crippen LogP contribution in [-0.2, 0) is 19.1 Å². The van der Waals surface area contributed by atoms with Gasteiger partial charge in [0.15, 0.2) is 0 Å². The standard InChI is InChI=1S/C12H16O5/c1-12(2,15)9-5-8(11(14)17-9)3-7-4-10(13)16-6-7/h4,8-9,15H,3,5-6H2,1-2H3/t8-,9-/m1/s1. The molecule has 0 aliphatic carbocycles. The highest BCUT2D eigenvalue weighted by Gasteiger charge is 2.42. The molecule has 0 aromatic carbocycles. The Labute approximate surface area is 99.4 Å². The lowest BCUT2D eigenvalue weighted by molar-refractivity contribution is -0.152. The molecule has 1 saturated heterocycles. The van der Waals surface area contributed by atoms with Crippen molar-refractivity contribution in [1.82, 2.24) is 0 Å². The minimum Gasteiger partial charge on any atom is -0.459 e. The van der Waals surface area contributed by atoms with E-state index in [0.717, 1.165) is 5.57 Å². The number of carbonyl (C=O) groups excluding carboxylic acids is 2. The lowest BCUT2D eigenvalue weighted by Crippen LogP contribution is -2.35. The first-order valence-corrected chi connectivity index (χ1v) is 5.65. The van der Waals surface area contributed by atoms with Gasteiger partial charge in [-0.3, -0.25) is 4.79 Å². The Kier molecular flexibility index (Phi) is 2.95. The van der Waals surface area contributed by atoms with Crippen molar-refractivity contribution in [2.75, 3.05) is 6.61 Å². The molecule has 0 spiro atoms. The van der Waals surface area contributed by atoms with Crippen LogP contribution in [0.4, 0.5) is 0 Å². The Morgan fingerprint density at radius 3 is 2.65 bits per heavy atom. The minimum absolute atomic E-state index is 0.260. The zero-order valence-corrected chi connectivity index (χ0v) is 9.93. The molecule has 2 aliphatic rings. The Morgan fingerprint density at radius 2 is 2.18 bits per heavy atom. The van der Waals surface area contributed by atoms with Crippen molar-refractivity contribution in [2.45, 2.75) is 38.4 Å². The summed E-state index contributed by atoms with van der Waals surface area (Å²) in [5.74, 6) is -0.949. The molecule has 2 rings (SSSR count). The second-order valence-electron chi connectivity index (χ2n) is 5.13. The summed E-state index contributed by atoms with van der Waals surface area (Å²) in [6.07, 6.45) is 1.90. The van der Waals surface area contributed by atoms with Crippen molar-refractivity contribution < 1.29 is 24.2 Å². The first kappa shape index (κ1) is 12.1. The Hall–Kier alpha value is -1.36. The molecule has 0 aromatic heterocycles. The van der Waals surface area contributed by atoms with Crippen molar-refractivity contribution in [3.05, 3.63) is 11.6 Å². The molecular formula is C12H16O5. The molecule has 2 aliphatic heterocycles. The third-order valence-electron chi connectivity index (χ3n) is 3.11. The molecule has 5 heteroatoms. The summed E-state index contributed by atoms with van der Waals surface area (Å²) in [6.45, 7) is 3.50. The van der Waals surface area contributed by atoms with Gasteiger partial charge in [-0.1, -0.05) is 0 Å². The minimum atomic E-state index is -1.03. The van der Waals surface area contributed by atoms with Gasteiger partial charge in [0.25, 0.3) is 0 Å². The van der Waals surface area contributed by atoms with Gasteiger partial charge in [-0.15, -0.1) is 0 Å². The lowest BCUT2D eigenvalue weighted by Gasteiger charge is -2.23. The van der Waals surface area contributed by atoms with Gasteiger partial charge in [0.05, 0.1) is 11.5 Å². The summed E-state index contributed by atoms with van der Waals surface area (Å²) in [5.41, 5.74) is -0.214. The largest absolute Gasteiger partial charge is 0.459 e. The molecule has 17 heavy (non-hydrogen) atoms. The van der Waals surface area contributed by atoms with Crippen LogP contribution in [0.15, 0.2) is 11.6 Å². The number of ether oxygens (including phenoxy) is 2. The predicted molar refractivity (Wildman–Crippen MR) is 57.9 cm³/mol. The smallest absolute Gasteiger partial charge is 0.331 e. The van der Waals surface area contributed by atoms with E-state index in [0.29, 0.717) is 12.8 Å². The molecule has 0 unspecified atom stereocenters. The van der Waals surface area contributed by atoms with E-state index in [-0.39, 0.29) is 24.5 Å². The molecule has 0 bridgehead atoms. The maximum atomic E-state index is 11.6. The Balaban J connectivity index is 1.97. The Morgan fingerprint density at radius 1 is 1.47 bits per heavy atom. The topological polar surface area (TPSA) is 72.8 Å². The summed E-state index contributed by atoms with van der Waals surface area (Å²) in [4.78, 5) is 22.5. The van der Waals surface area contributed by atoms with Gasteiger partial charge in [-0.2, -0.15) is 0 Å². The number of aliphatic hydroxyl groups is 1. The van der Waals surface area contributed by atoms with E-state index >= 15 is 0 Å². The van der Waals surface area contributed by atoms with E-state index in [4.69, 9.17) is 9.47 Å². The van der Waals surface area contributed by atoms with Gasteiger partial charge in [-0.05, 0) is 25.8 Å². The fourth-order valence-electron chi connectivity index (χ4n) is 2.09. The average Bonchev–Trinajstić information content (AvgIpc) is 2.74. The van der Waals surface area contributed by atoms with Crippen molar-refractivity contribution in [3.8, 4) is 0 Å². The summed E-state index contributed by atoms with van der Waals surface area (Å²) in [7, 11) is 0. The number of rotatable bonds is 3. The lowest BCUT2D eigenvalue weighted by atomic mass is 9.91. The van der Waals surface area contributed by atoms with Crippen molar-refractivity contribution in [1.29, 1.82) is 0 Å². The summed E-state index contributed by atoms with van der Waals surface area (Å²) in [5, 5.41) is 9.79. The monoisotopic (exact) mass is 240 g/mol. The molecule has 2 atom stereocenters. The Bertz CT molecular complexity index is 377. The molecule has 0 amide bonds. The average molecular weight is 240 g/mol. The van der Waals surface area contributed by atoms with Crippen LogP contribution in [0.1, 0.15) is 26.7 Å². The molecule has 5 nitrogen and oxygen atoms in total. The van der Waals surface area contributed by atoms with E-state index in [9.17, 15) is 14.7 Å². The van der Waals surface area contributed by atoms with E-state index in [1.165, 1.54) is 6.08 Å². The second-order valence-corrected chi connectivity index (χ2v) is 5.13. The molecule has 2 heterocycles. The fraction of sp³-hybridized carbons (Fsp3) is 0.667. The highest BCUT2D eigenvalue weighted by Crippen LogP contribution is 2.33. The fourth-order valence-corrected chi connectivity index (χ4v) is 2.09. The van der Waals surface area contributed by atoms with E-state index in [2.05, 4.69) is 0 Å². The first-order valence-electron chi connectivity index (χ1n) is 5.65. The summed E-state index contributed by atoms with van der Waals surface area (Å²) < 4.78 is 9.91. The van der Waals surface area contributed by atoms with Gasteiger partial charge in [-0.25, -0.2) is 4.79 Å². The number of esters is 2. The van der Waals surface area contributed by atoms with Crippen LogP contribution in [-0.4, -0.2) is 35.4 Å². The quantitative estimate of drug-likeness (QED) is 0.730. The van der Waals surface area contributed by atoms with Gasteiger partial charge in [0.2, 0.25) is 0 Å². The third-order valence-corrected chi connectivity index (χ3v) is 3.11. The van der Waals surface area contributed by atoms with Crippen molar-refractivity contribution in [3.63, 3.8) is 0 Å². The van der Waals surface area contributed by atoms with Crippen LogP contribution in [0, 0.1) is 5.92 Å². The van der Waals surface area contributed by atoms with Gasteiger partial charge < -0.3 is 14.6 Å². The van der Waals surface area contributed by atoms with Gasteiger partial charge in [0.1, 0.15) is 12.7 Å². The van der Waals surface area contributed by atoms with Crippen LogP contribution in [0.5, 0.6) is 0 Å². The van der Waals surface area contributed by atoms with Crippen LogP contribution in [0.3, 0.4) is 0 Å². The summed E-state index contributed by atoms with van der Waals surface area (Å²) in [6, 6.07) is 0. The van der Waals surface area contributed by atoms with Crippen molar-refractivity contribution in [2.24, 2.45) is 5.92 Å². The molecule has 1 fully saturated rings. The zero-order valence-electron chi connectivity index (χ0n) is 9.93. The molecule has 94 valence electrons. The normalized spacial score (nSPS) is 29.0. The second kappa shape index (κ2) is 4.14. The molecule has 0 saturated carbocycles. The van der Waals surface area contributed by atoms with Crippen molar-refractivity contribution >= 4 is 11.9 Å². The van der Waals surface area contributed by atoms with Crippen LogP contribution < -0.4 is 0 Å². The van der Waals surface area contributed by atoms with Crippen LogP contribution >= 0.6 is 0 Å². The first-order chi connectivity index (χ1) is 7.86. The van der Waals surface area contributed by atoms with Gasteiger partial charge in [0, 0.05) is 12.5 Å². The number of carbonyl (C=O) groups is 2. The highest BCUT2D eigenvalue weighted by molar-refractivity contribution is 5.85. The van der Waals surface area contributed by atoms with E-state index in [1.807, 2.05) is 0 Å². The number of hydrogen-bond donors (Lipinski definition) is 1. The maximum Gasteiger partial charge on any atom is 0.331 e. The molecule has 1 N–H and O–H groups in total. The molecular weight excluding hydrogens is 224 g/mol. The summed E-state index contributed by atoms with van der Waals surface area (Å²) >= 11 is 0. The molecule has 0 radical (unpaired) electrons. The number of hydrogen-bond acceptors (Lipinski definition) is 5. The SMILES string of the molecule is CC(C)(O)[C@H]1C[C@@H](CC2=CC(=O)OC2)C(=O)O1. The van der Waals surface area contributed by atoms with Crippen LogP contribution in [0.2, 0.25) is 0 Å². The zero-order chi connectivity index (χ0) is 12.6. The molecule has 0 aromatic rings. The van der Waals surface area contributed by atoms with Crippen LogP contribution in [0.25, 0.3) is 0 Å².